The second kappa shape index (κ2) is 5.49. The number of aryl methyl sites for hydroxylation is 1. The lowest BCUT2D eigenvalue weighted by Crippen LogP contribution is -2.35. The van der Waals surface area contributed by atoms with Gasteiger partial charge in [-0.3, -0.25) is 4.79 Å². The molecule has 1 N–H and O–H groups in total. The van der Waals surface area contributed by atoms with Gasteiger partial charge in [0.25, 0.3) is 0 Å². The lowest BCUT2D eigenvalue weighted by atomic mass is 9.89. The number of rotatable bonds is 3. The van der Waals surface area contributed by atoms with Gasteiger partial charge in [-0.05, 0) is 18.4 Å². The van der Waals surface area contributed by atoms with Crippen LogP contribution in [0.3, 0.4) is 0 Å². The van der Waals surface area contributed by atoms with Crippen molar-refractivity contribution >= 4 is 5.91 Å². The van der Waals surface area contributed by atoms with E-state index in [1.54, 1.807) is 6.33 Å². The number of amides is 1. The Morgan fingerprint density at radius 3 is 3.00 bits per heavy atom. The van der Waals surface area contributed by atoms with E-state index in [9.17, 15) is 4.79 Å². The first-order valence-corrected chi connectivity index (χ1v) is 7.04. The molecular weight excluding hydrogens is 250 g/mol. The van der Waals surface area contributed by atoms with Gasteiger partial charge in [-0.2, -0.15) is 0 Å². The number of fused-ring (bicyclic) bond motifs is 1. The molecule has 2 aromatic rings. The van der Waals surface area contributed by atoms with E-state index in [1.165, 1.54) is 5.56 Å². The Hall–Kier alpha value is -2.10. The van der Waals surface area contributed by atoms with Crippen molar-refractivity contribution in [2.24, 2.45) is 5.92 Å². The Kier molecular flexibility index (Phi) is 3.54. The average molecular weight is 269 g/mol. The molecule has 0 spiro atoms. The van der Waals surface area contributed by atoms with Gasteiger partial charge in [0.05, 0.1) is 12.0 Å². The highest BCUT2D eigenvalue weighted by atomic mass is 16.2. The van der Waals surface area contributed by atoms with E-state index in [2.05, 4.69) is 22.1 Å². The van der Waals surface area contributed by atoms with Crippen molar-refractivity contribution in [1.82, 2.24) is 14.9 Å². The lowest BCUT2D eigenvalue weighted by molar-refractivity contribution is -0.135. The van der Waals surface area contributed by atoms with Crippen LogP contribution in [0.2, 0.25) is 0 Å². The summed E-state index contributed by atoms with van der Waals surface area (Å²) >= 11 is 0. The summed E-state index contributed by atoms with van der Waals surface area (Å²) in [5.41, 5.74) is 3.42. The Balaban J connectivity index is 1.64. The highest BCUT2D eigenvalue weighted by molar-refractivity contribution is 5.79. The normalized spacial score (nSPS) is 17.6. The minimum atomic E-state index is 0.0802. The number of aromatic amines is 1. The van der Waals surface area contributed by atoms with Crippen LogP contribution >= 0.6 is 0 Å². The standard InChI is InChI=1S/C16H19N3O/c1-19(10-12-5-3-2-4-6-12)16(20)13-7-8-14-15(9-13)18-11-17-14/h2-6,11,13H,7-10H2,1H3,(H,17,18). The van der Waals surface area contributed by atoms with Gasteiger partial charge in [-0.1, -0.05) is 30.3 Å². The van der Waals surface area contributed by atoms with Crippen molar-refractivity contribution in [2.45, 2.75) is 25.8 Å². The molecule has 104 valence electrons. The number of hydrogen-bond donors (Lipinski definition) is 1. The third-order valence-electron chi connectivity index (χ3n) is 3.98. The SMILES string of the molecule is CN(Cc1ccccc1)C(=O)C1CCc2nc[nH]c2C1. The number of benzene rings is 1. The predicted octanol–water partition coefficient (Wildman–Crippen LogP) is 2.17. The average Bonchev–Trinajstić information content (AvgIpc) is 2.94. The molecule has 1 heterocycles. The number of carbonyl (C=O) groups excluding carboxylic acids is 1. The monoisotopic (exact) mass is 269 g/mol. The van der Waals surface area contributed by atoms with Crippen molar-refractivity contribution in [2.75, 3.05) is 7.05 Å². The second-order valence-corrected chi connectivity index (χ2v) is 5.45. The van der Waals surface area contributed by atoms with Gasteiger partial charge in [0.2, 0.25) is 5.91 Å². The molecule has 0 radical (unpaired) electrons. The van der Waals surface area contributed by atoms with E-state index in [0.717, 1.165) is 30.7 Å². The molecular formula is C16H19N3O. The minimum Gasteiger partial charge on any atom is -0.348 e. The van der Waals surface area contributed by atoms with Gasteiger partial charge >= 0.3 is 0 Å². The molecule has 1 aliphatic carbocycles. The molecule has 1 atom stereocenters. The third kappa shape index (κ3) is 2.59. The summed E-state index contributed by atoms with van der Waals surface area (Å²) in [6, 6.07) is 10.1. The summed E-state index contributed by atoms with van der Waals surface area (Å²) in [5, 5.41) is 0. The van der Waals surface area contributed by atoms with Crippen LogP contribution in [0.4, 0.5) is 0 Å². The molecule has 1 unspecified atom stereocenters. The van der Waals surface area contributed by atoms with Crippen molar-refractivity contribution in [3.8, 4) is 0 Å². The maximum Gasteiger partial charge on any atom is 0.226 e. The zero-order valence-corrected chi connectivity index (χ0v) is 11.7. The van der Waals surface area contributed by atoms with Gasteiger partial charge in [-0.15, -0.1) is 0 Å². The second-order valence-electron chi connectivity index (χ2n) is 5.45. The maximum atomic E-state index is 12.5. The van der Waals surface area contributed by atoms with Gasteiger partial charge in [0.1, 0.15) is 0 Å². The fourth-order valence-electron chi connectivity index (χ4n) is 2.86. The van der Waals surface area contributed by atoms with Crippen LogP contribution in [-0.2, 0) is 24.2 Å². The lowest BCUT2D eigenvalue weighted by Gasteiger charge is -2.26. The first-order chi connectivity index (χ1) is 9.74. The van der Waals surface area contributed by atoms with E-state index in [4.69, 9.17) is 0 Å². The molecule has 0 fully saturated rings. The molecule has 1 aromatic carbocycles. The molecule has 1 aliphatic rings. The summed E-state index contributed by atoms with van der Waals surface area (Å²) < 4.78 is 0. The van der Waals surface area contributed by atoms with E-state index in [1.807, 2.05) is 30.1 Å². The zero-order chi connectivity index (χ0) is 13.9. The molecule has 4 heteroatoms. The molecule has 4 nitrogen and oxygen atoms in total. The van der Waals surface area contributed by atoms with E-state index >= 15 is 0 Å². The predicted molar refractivity (Wildman–Crippen MR) is 77.0 cm³/mol. The van der Waals surface area contributed by atoms with Crippen LogP contribution in [0.15, 0.2) is 36.7 Å². The number of nitrogens with one attached hydrogen (secondary N) is 1. The molecule has 1 aromatic heterocycles. The number of carbonyl (C=O) groups is 1. The highest BCUT2D eigenvalue weighted by Gasteiger charge is 2.28. The van der Waals surface area contributed by atoms with E-state index in [-0.39, 0.29) is 11.8 Å². The quantitative estimate of drug-likeness (QED) is 0.928. The van der Waals surface area contributed by atoms with Gasteiger partial charge < -0.3 is 9.88 Å². The first kappa shape index (κ1) is 12.9. The van der Waals surface area contributed by atoms with Crippen LogP contribution in [0.25, 0.3) is 0 Å². The molecule has 0 aliphatic heterocycles. The number of hydrogen-bond acceptors (Lipinski definition) is 2. The number of H-pyrrole nitrogens is 1. The van der Waals surface area contributed by atoms with E-state index in [0.29, 0.717) is 6.54 Å². The van der Waals surface area contributed by atoms with Crippen molar-refractivity contribution in [3.63, 3.8) is 0 Å². The van der Waals surface area contributed by atoms with Crippen molar-refractivity contribution in [3.05, 3.63) is 53.6 Å². The van der Waals surface area contributed by atoms with Gasteiger partial charge in [0.15, 0.2) is 0 Å². The van der Waals surface area contributed by atoms with E-state index < -0.39 is 0 Å². The largest absolute Gasteiger partial charge is 0.348 e. The summed E-state index contributed by atoms with van der Waals surface area (Å²) in [6.45, 7) is 0.673. The first-order valence-electron chi connectivity index (χ1n) is 7.04. The molecule has 20 heavy (non-hydrogen) atoms. The number of aromatic nitrogens is 2. The zero-order valence-electron chi connectivity index (χ0n) is 11.7. The van der Waals surface area contributed by atoms with Crippen molar-refractivity contribution < 1.29 is 4.79 Å². The third-order valence-corrected chi connectivity index (χ3v) is 3.98. The van der Waals surface area contributed by atoms with Gasteiger partial charge in [-0.25, -0.2) is 4.98 Å². The van der Waals surface area contributed by atoms with Crippen LogP contribution in [-0.4, -0.2) is 27.8 Å². The fourth-order valence-corrected chi connectivity index (χ4v) is 2.86. The van der Waals surface area contributed by atoms with Crippen LogP contribution in [0.5, 0.6) is 0 Å². The van der Waals surface area contributed by atoms with Crippen LogP contribution < -0.4 is 0 Å². The molecule has 3 rings (SSSR count). The van der Waals surface area contributed by atoms with Gasteiger partial charge in [0, 0.05) is 31.6 Å². The molecule has 1 amide bonds. The molecule has 0 bridgehead atoms. The fraction of sp³-hybridized carbons (Fsp3) is 0.375. The minimum absolute atomic E-state index is 0.0802. The topological polar surface area (TPSA) is 49.0 Å². The Morgan fingerprint density at radius 2 is 2.20 bits per heavy atom. The summed E-state index contributed by atoms with van der Waals surface area (Å²) in [6.07, 6.45) is 4.31. The molecule has 0 saturated carbocycles. The smallest absolute Gasteiger partial charge is 0.226 e. The van der Waals surface area contributed by atoms with Crippen LogP contribution in [0, 0.1) is 5.92 Å². The number of nitrogens with zero attached hydrogens (tertiary/aromatic N) is 2. The highest BCUT2D eigenvalue weighted by Crippen LogP contribution is 2.24. The Labute approximate surface area is 118 Å². The molecule has 0 saturated heterocycles. The summed E-state index contributed by atoms with van der Waals surface area (Å²) in [7, 11) is 1.89. The summed E-state index contributed by atoms with van der Waals surface area (Å²) in [5.74, 6) is 0.311. The Morgan fingerprint density at radius 1 is 1.40 bits per heavy atom. The number of imidazole rings is 1. The van der Waals surface area contributed by atoms with Crippen LogP contribution in [0.1, 0.15) is 23.4 Å². The Bertz CT molecular complexity index is 591. The summed E-state index contributed by atoms with van der Waals surface area (Å²) in [4.78, 5) is 21.8. The maximum absolute atomic E-state index is 12.5. The van der Waals surface area contributed by atoms with Crippen molar-refractivity contribution in [1.29, 1.82) is 0 Å².